The Bertz CT molecular complexity index is 972. The van der Waals surface area contributed by atoms with E-state index in [-0.39, 0.29) is 11.8 Å². The molecule has 2 aliphatic rings. The molecule has 0 atom stereocenters. The van der Waals surface area contributed by atoms with Crippen LogP contribution < -0.4 is 0 Å². The number of carbonyl (C=O) groups is 4. The molecule has 3 heterocycles. The van der Waals surface area contributed by atoms with Crippen LogP contribution in [0.4, 0.5) is 4.79 Å². The summed E-state index contributed by atoms with van der Waals surface area (Å²) in [6.45, 7) is 3.22. The van der Waals surface area contributed by atoms with E-state index in [4.69, 9.17) is 0 Å². The highest BCUT2D eigenvalue weighted by Crippen LogP contribution is 2.28. The lowest BCUT2D eigenvalue weighted by Gasteiger charge is -2.20. The molecule has 0 bridgehead atoms. The number of aromatic nitrogens is 2. The van der Waals surface area contributed by atoms with Crippen molar-refractivity contribution < 1.29 is 19.2 Å². The summed E-state index contributed by atoms with van der Waals surface area (Å²) in [7, 11) is 0. The zero-order chi connectivity index (χ0) is 20.0. The number of rotatable bonds is 5. The molecule has 0 N–H and O–H groups in total. The maximum atomic E-state index is 12.9. The first-order valence-corrected chi connectivity index (χ1v) is 10.1. The van der Waals surface area contributed by atoms with E-state index in [2.05, 4.69) is 4.98 Å². The second kappa shape index (κ2) is 6.97. The van der Waals surface area contributed by atoms with Gasteiger partial charge in [-0.1, -0.05) is 12.8 Å². The van der Waals surface area contributed by atoms with Gasteiger partial charge in [0.1, 0.15) is 0 Å². The van der Waals surface area contributed by atoms with E-state index in [1.807, 2.05) is 16.9 Å². The molecule has 28 heavy (non-hydrogen) atoms. The number of thiazole rings is 1. The highest BCUT2D eigenvalue weighted by Gasteiger charge is 2.48. The Morgan fingerprint density at radius 1 is 1.18 bits per heavy atom. The van der Waals surface area contributed by atoms with Crippen molar-refractivity contribution >= 4 is 35.0 Å². The van der Waals surface area contributed by atoms with Crippen LogP contribution in [0.5, 0.6) is 0 Å². The molecule has 146 valence electrons. The number of carbonyl (C=O) groups excluding carboxylic acids is 4. The number of amides is 4. The van der Waals surface area contributed by atoms with Gasteiger partial charge in [0.25, 0.3) is 0 Å². The summed E-state index contributed by atoms with van der Waals surface area (Å²) < 4.78 is 1.86. The number of hydrogen-bond donors (Lipinski definition) is 0. The molecule has 0 spiro atoms. The number of nitrogens with zero attached hydrogens (tertiary/aromatic N) is 4. The average Bonchev–Trinajstić information content (AvgIpc) is 3.43. The van der Waals surface area contributed by atoms with Crippen molar-refractivity contribution in [1.82, 2.24) is 19.4 Å². The van der Waals surface area contributed by atoms with Gasteiger partial charge in [0.2, 0.25) is 0 Å². The fourth-order valence-corrected chi connectivity index (χ4v) is 4.79. The third-order valence-electron chi connectivity index (χ3n) is 5.42. The van der Waals surface area contributed by atoms with Crippen molar-refractivity contribution in [1.29, 1.82) is 0 Å². The molecule has 4 amide bonds. The Kier molecular flexibility index (Phi) is 4.62. The van der Waals surface area contributed by atoms with Gasteiger partial charge in [-0.25, -0.2) is 14.7 Å². The first-order valence-electron chi connectivity index (χ1n) is 9.21. The van der Waals surface area contributed by atoms with Gasteiger partial charge in [-0.05, 0) is 32.8 Å². The molecule has 0 aromatic carbocycles. The number of Topliss-reactive ketones (excluding diaryl/α,β-unsaturated/α-hetero) is 1. The normalized spacial score (nSPS) is 18.0. The van der Waals surface area contributed by atoms with Gasteiger partial charge in [-0.15, -0.1) is 11.3 Å². The summed E-state index contributed by atoms with van der Waals surface area (Å²) in [6, 6.07) is 0.809. The highest BCUT2D eigenvalue weighted by atomic mass is 32.1. The number of aryl methyl sites for hydroxylation is 1. The van der Waals surface area contributed by atoms with Crippen molar-refractivity contribution in [2.75, 3.05) is 6.54 Å². The fourth-order valence-electron chi connectivity index (χ4n) is 4.04. The number of imide groups is 2. The third-order valence-corrected chi connectivity index (χ3v) is 6.17. The molecule has 8 nitrogen and oxygen atoms in total. The third kappa shape index (κ3) is 2.86. The Morgan fingerprint density at radius 2 is 1.89 bits per heavy atom. The number of ketones is 1. The van der Waals surface area contributed by atoms with Crippen LogP contribution >= 0.6 is 11.3 Å². The Balaban J connectivity index is 1.57. The molecular formula is C19H20N4O4S. The molecule has 2 aromatic heterocycles. The molecule has 0 radical (unpaired) electrons. The van der Waals surface area contributed by atoms with E-state index in [1.54, 1.807) is 19.2 Å². The molecule has 1 saturated heterocycles. The molecule has 0 unspecified atom stereocenters. The van der Waals surface area contributed by atoms with Crippen LogP contribution in [0.2, 0.25) is 0 Å². The maximum absolute atomic E-state index is 12.9. The number of urea groups is 1. The predicted octanol–water partition coefficient (Wildman–Crippen LogP) is 2.47. The fraction of sp³-hybridized carbons (Fsp3) is 0.421. The van der Waals surface area contributed by atoms with Crippen LogP contribution in [0.25, 0.3) is 5.13 Å². The van der Waals surface area contributed by atoms with Gasteiger partial charge in [-0.2, -0.15) is 0 Å². The van der Waals surface area contributed by atoms with Crippen molar-refractivity contribution in [3.63, 3.8) is 0 Å². The van der Waals surface area contributed by atoms with Crippen molar-refractivity contribution in [3.05, 3.63) is 34.6 Å². The Hall–Kier alpha value is -2.81. The molecule has 1 saturated carbocycles. The summed E-state index contributed by atoms with van der Waals surface area (Å²) in [5.74, 6) is -2.12. The first-order chi connectivity index (χ1) is 13.4. The SMILES string of the molecule is Cc1cc(C(=O)CN2C(=O)C(=O)N(C3CCCC3)C2=O)c(C)n1-c1nccs1. The largest absolute Gasteiger partial charge is 0.334 e. The zero-order valence-electron chi connectivity index (χ0n) is 15.7. The molecular weight excluding hydrogens is 380 g/mol. The molecule has 4 rings (SSSR count). The molecule has 1 aliphatic carbocycles. The van der Waals surface area contributed by atoms with Gasteiger partial charge in [-0.3, -0.25) is 23.9 Å². The highest BCUT2D eigenvalue weighted by molar-refractivity contribution is 7.12. The second-order valence-corrected chi connectivity index (χ2v) is 8.02. The van der Waals surface area contributed by atoms with Gasteiger partial charge in [0, 0.05) is 34.6 Å². The molecule has 2 aromatic rings. The minimum absolute atomic E-state index is 0.237. The van der Waals surface area contributed by atoms with Gasteiger partial charge < -0.3 is 0 Å². The molecule has 2 fully saturated rings. The molecule has 9 heteroatoms. The summed E-state index contributed by atoms with van der Waals surface area (Å²) in [5.41, 5.74) is 1.94. The first kappa shape index (κ1) is 18.5. The monoisotopic (exact) mass is 400 g/mol. The van der Waals surface area contributed by atoms with Crippen LogP contribution in [-0.2, 0) is 9.59 Å². The van der Waals surface area contributed by atoms with E-state index >= 15 is 0 Å². The lowest BCUT2D eigenvalue weighted by Crippen LogP contribution is -2.41. The van der Waals surface area contributed by atoms with Crippen molar-refractivity contribution in [2.24, 2.45) is 0 Å². The van der Waals surface area contributed by atoms with E-state index in [0.29, 0.717) is 24.1 Å². The van der Waals surface area contributed by atoms with Gasteiger partial charge in [0.15, 0.2) is 10.9 Å². The van der Waals surface area contributed by atoms with Crippen LogP contribution in [0.3, 0.4) is 0 Å². The van der Waals surface area contributed by atoms with Crippen LogP contribution in [-0.4, -0.2) is 55.6 Å². The van der Waals surface area contributed by atoms with Gasteiger partial charge >= 0.3 is 17.8 Å². The summed E-state index contributed by atoms with van der Waals surface area (Å²) in [5, 5.41) is 2.59. The van der Waals surface area contributed by atoms with Crippen LogP contribution in [0, 0.1) is 13.8 Å². The molecule has 1 aliphatic heterocycles. The van der Waals surface area contributed by atoms with Gasteiger partial charge in [0.05, 0.1) is 6.54 Å². The van der Waals surface area contributed by atoms with E-state index in [0.717, 1.165) is 33.5 Å². The lowest BCUT2D eigenvalue weighted by atomic mass is 10.1. The quantitative estimate of drug-likeness (QED) is 0.437. The van der Waals surface area contributed by atoms with Crippen molar-refractivity contribution in [2.45, 2.75) is 45.6 Å². The Labute approximate surface area is 165 Å². The topological polar surface area (TPSA) is 92.6 Å². The van der Waals surface area contributed by atoms with E-state index < -0.39 is 24.4 Å². The average molecular weight is 400 g/mol. The number of hydrogen-bond acceptors (Lipinski definition) is 6. The van der Waals surface area contributed by atoms with E-state index in [1.165, 1.54) is 11.3 Å². The summed E-state index contributed by atoms with van der Waals surface area (Å²) in [4.78, 5) is 56.3. The van der Waals surface area contributed by atoms with Crippen LogP contribution in [0.15, 0.2) is 17.6 Å². The minimum Gasteiger partial charge on any atom is -0.294 e. The Morgan fingerprint density at radius 3 is 2.54 bits per heavy atom. The zero-order valence-corrected chi connectivity index (χ0v) is 16.5. The second-order valence-electron chi connectivity index (χ2n) is 7.15. The minimum atomic E-state index is -0.918. The van der Waals surface area contributed by atoms with Crippen LogP contribution in [0.1, 0.15) is 47.4 Å². The van der Waals surface area contributed by atoms with E-state index in [9.17, 15) is 19.2 Å². The predicted molar refractivity (Wildman–Crippen MR) is 101 cm³/mol. The van der Waals surface area contributed by atoms with Crippen molar-refractivity contribution in [3.8, 4) is 5.13 Å². The summed E-state index contributed by atoms with van der Waals surface area (Å²) >= 11 is 1.45. The maximum Gasteiger partial charge on any atom is 0.334 e. The lowest BCUT2D eigenvalue weighted by molar-refractivity contribution is -0.143. The smallest absolute Gasteiger partial charge is 0.294 e. The standard InChI is InChI=1S/C19H20N4O4S/c1-11-9-14(12(2)22(11)18-20-7-8-28-18)15(24)10-21-16(25)17(26)23(19(21)27)13-5-3-4-6-13/h7-9,13H,3-6,10H2,1-2H3. The summed E-state index contributed by atoms with van der Waals surface area (Å²) in [6.07, 6.45) is 4.96.